The van der Waals surface area contributed by atoms with Gasteiger partial charge in [0.15, 0.2) is 5.13 Å². The van der Waals surface area contributed by atoms with Gasteiger partial charge in [0.2, 0.25) is 10.0 Å². The molecule has 5 nitrogen and oxygen atoms in total. The molecule has 0 radical (unpaired) electrons. The van der Waals surface area contributed by atoms with Crippen LogP contribution in [-0.2, 0) is 22.2 Å². The van der Waals surface area contributed by atoms with E-state index >= 15 is 0 Å². The zero-order valence-electron chi connectivity index (χ0n) is 11.5. The third kappa shape index (κ3) is 5.07. The summed E-state index contributed by atoms with van der Waals surface area (Å²) in [5, 5.41) is 5.62. The summed E-state index contributed by atoms with van der Waals surface area (Å²) in [5.74, 6) is -0.542. The van der Waals surface area contributed by atoms with E-state index in [-0.39, 0.29) is 18.1 Å². The molecule has 0 aliphatic heterocycles. The Morgan fingerprint density at radius 3 is 2.62 bits per heavy atom. The fourth-order valence-electron chi connectivity index (χ4n) is 1.72. The van der Waals surface area contributed by atoms with Crippen molar-refractivity contribution in [2.75, 3.05) is 18.9 Å². The maximum Gasteiger partial charge on any atom is 0.215 e. The van der Waals surface area contributed by atoms with Crippen LogP contribution in [0.15, 0.2) is 29.6 Å². The summed E-state index contributed by atoms with van der Waals surface area (Å²) in [5.41, 5.74) is 1.39. The first-order chi connectivity index (χ1) is 9.98. The van der Waals surface area contributed by atoms with Gasteiger partial charge in [-0.25, -0.2) is 22.5 Å². The first-order valence-corrected chi connectivity index (χ1v) is 8.85. The van der Waals surface area contributed by atoms with E-state index in [4.69, 9.17) is 0 Å². The number of aromatic nitrogens is 1. The topological polar surface area (TPSA) is 71.1 Å². The third-order valence-corrected chi connectivity index (χ3v) is 5.00. The Hall–Kier alpha value is -1.51. The van der Waals surface area contributed by atoms with Crippen molar-refractivity contribution >= 4 is 26.5 Å². The van der Waals surface area contributed by atoms with Crippen molar-refractivity contribution in [2.45, 2.75) is 12.2 Å². The Kier molecular flexibility index (Phi) is 5.27. The highest BCUT2D eigenvalue weighted by Crippen LogP contribution is 2.14. The van der Waals surface area contributed by atoms with E-state index in [0.717, 1.165) is 10.8 Å². The summed E-state index contributed by atoms with van der Waals surface area (Å²) in [6, 6.07) is 5.43. The fourth-order valence-corrected chi connectivity index (χ4v) is 3.57. The van der Waals surface area contributed by atoms with Crippen LogP contribution < -0.4 is 10.0 Å². The molecular formula is C13H16FN3O2S2. The normalized spacial score (nSPS) is 11.5. The van der Waals surface area contributed by atoms with Gasteiger partial charge in [0.1, 0.15) is 5.82 Å². The zero-order valence-corrected chi connectivity index (χ0v) is 13.1. The molecule has 0 saturated heterocycles. The Morgan fingerprint density at radius 1 is 1.29 bits per heavy atom. The quantitative estimate of drug-likeness (QED) is 0.815. The van der Waals surface area contributed by atoms with Crippen molar-refractivity contribution in [3.8, 4) is 0 Å². The molecule has 8 heteroatoms. The molecule has 2 rings (SSSR count). The first-order valence-electron chi connectivity index (χ1n) is 6.32. The molecule has 0 spiro atoms. The molecule has 0 bridgehead atoms. The molecule has 0 saturated carbocycles. The van der Waals surface area contributed by atoms with Gasteiger partial charge in [-0.05, 0) is 17.7 Å². The molecular weight excluding hydrogens is 313 g/mol. The molecule has 1 heterocycles. The van der Waals surface area contributed by atoms with Crippen LogP contribution in [0.3, 0.4) is 0 Å². The van der Waals surface area contributed by atoms with E-state index in [1.165, 1.54) is 35.6 Å². The number of hydrogen-bond donors (Lipinski definition) is 2. The number of halogens is 1. The van der Waals surface area contributed by atoms with Crippen molar-refractivity contribution in [3.63, 3.8) is 0 Å². The lowest BCUT2D eigenvalue weighted by Gasteiger charge is -2.06. The standard InChI is InChI=1S/C13H16FN3O2S2/c1-15-13-17-12(8-20-13)6-7-16-21(18,19)9-10-2-4-11(14)5-3-10/h2-5,8,16H,6-7,9H2,1H3,(H,15,17). The van der Waals surface area contributed by atoms with Gasteiger partial charge < -0.3 is 5.32 Å². The molecule has 0 amide bonds. The Morgan fingerprint density at radius 2 is 2.00 bits per heavy atom. The van der Waals surface area contributed by atoms with E-state index in [2.05, 4.69) is 15.0 Å². The van der Waals surface area contributed by atoms with Gasteiger partial charge in [0.05, 0.1) is 11.4 Å². The molecule has 0 aliphatic carbocycles. The maximum atomic E-state index is 12.8. The number of rotatable bonds is 7. The van der Waals surface area contributed by atoms with E-state index in [1.807, 2.05) is 5.38 Å². The minimum absolute atomic E-state index is 0.161. The Balaban J connectivity index is 1.85. The molecule has 0 aliphatic rings. The molecule has 1 aromatic carbocycles. The summed E-state index contributed by atoms with van der Waals surface area (Å²) < 4.78 is 39.1. The van der Waals surface area contributed by atoms with Crippen LogP contribution in [-0.4, -0.2) is 27.0 Å². The van der Waals surface area contributed by atoms with Gasteiger partial charge in [-0.3, -0.25) is 0 Å². The van der Waals surface area contributed by atoms with E-state index in [9.17, 15) is 12.8 Å². The van der Waals surface area contributed by atoms with Gasteiger partial charge in [-0.1, -0.05) is 12.1 Å². The summed E-state index contributed by atoms with van der Waals surface area (Å²) in [4.78, 5) is 4.27. The minimum Gasteiger partial charge on any atom is -0.365 e. The van der Waals surface area contributed by atoms with Gasteiger partial charge in [-0.15, -0.1) is 11.3 Å². The van der Waals surface area contributed by atoms with Crippen molar-refractivity contribution in [3.05, 3.63) is 46.7 Å². The van der Waals surface area contributed by atoms with Gasteiger partial charge >= 0.3 is 0 Å². The average Bonchev–Trinajstić information content (AvgIpc) is 2.89. The molecule has 1 aromatic heterocycles. The fraction of sp³-hybridized carbons (Fsp3) is 0.308. The zero-order chi connectivity index (χ0) is 15.3. The van der Waals surface area contributed by atoms with E-state index < -0.39 is 10.0 Å². The summed E-state index contributed by atoms with van der Waals surface area (Å²) in [7, 11) is -1.64. The lowest BCUT2D eigenvalue weighted by Crippen LogP contribution is -2.27. The highest BCUT2D eigenvalue weighted by Gasteiger charge is 2.11. The smallest absolute Gasteiger partial charge is 0.215 e. The second-order valence-electron chi connectivity index (χ2n) is 4.42. The van der Waals surface area contributed by atoms with Crippen LogP contribution in [0.25, 0.3) is 0 Å². The lowest BCUT2D eigenvalue weighted by atomic mass is 10.2. The first kappa shape index (κ1) is 15.9. The highest BCUT2D eigenvalue weighted by atomic mass is 32.2. The molecule has 0 atom stereocenters. The third-order valence-electron chi connectivity index (χ3n) is 2.74. The number of sulfonamides is 1. The predicted molar refractivity (Wildman–Crippen MR) is 82.4 cm³/mol. The SMILES string of the molecule is CNc1nc(CCNS(=O)(=O)Cc2ccc(F)cc2)cs1. The predicted octanol–water partition coefficient (Wildman–Crippen LogP) is 1.99. The van der Waals surface area contributed by atoms with Crippen LogP contribution in [0.5, 0.6) is 0 Å². The molecule has 0 unspecified atom stereocenters. The molecule has 21 heavy (non-hydrogen) atoms. The summed E-state index contributed by atoms with van der Waals surface area (Å²) >= 11 is 1.48. The number of nitrogens with zero attached hydrogens (tertiary/aromatic N) is 1. The van der Waals surface area contributed by atoms with Crippen molar-refractivity contribution in [2.24, 2.45) is 0 Å². The van der Waals surface area contributed by atoms with E-state index in [1.54, 1.807) is 7.05 Å². The number of thiazole rings is 1. The number of nitrogens with one attached hydrogen (secondary N) is 2. The number of hydrogen-bond acceptors (Lipinski definition) is 5. The van der Waals surface area contributed by atoms with Gasteiger partial charge in [0, 0.05) is 25.4 Å². The minimum atomic E-state index is -3.43. The van der Waals surface area contributed by atoms with Crippen LogP contribution in [0.2, 0.25) is 0 Å². The number of benzene rings is 1. The van der Waals surface area contributed by atoms with Crippen LogP contribution in [0.1, 0.15) is 11.3 Å². The molecule has 2 aromatic rings. The largest absolute Gasteiger partial charge is 0.365 e. The lowest BCUT2D eigenvalue weighted by molar-refractivity contribution is 0.580. The summed E-state index contributed by atoms with van der Waals surface area (Å²) in [6.45, 7) is 0.288. The van der Waals surface area contributed by atoms with Gasteiger partial charge in [0.25, 0.3) is 0 Å². The van der Waals surface area contributed by atoms with Crippen LogP contribution in [0.4, 0.5) is 9.52 Å². The molecule has 2 N–H and O–H groups in total. The molecule has 0 fully saturated rings. The van der Waals surface area contributed by atoms with E-state index in [0.29, 0.717) is 12.0 Å². The average molecular weight is 329 g/mol. The number of anilines is 1. The summed E-state index contributed by atoms with van der Waals surface area (Å²) in [6.07, 6.45) is 0.529. The Labute approximate surface area is 127 Å². The van der Waals surface area contributed by atoms with Crippen molar-refractivity contribution < 1.29 is 12.8 Å². The second-order valence-corrected chi connectivity index (χ2v) is 7.09. The van der Waals surface area contributed by atoms with Crippen molar-refractivity contribution in [1.82, 2.24) is 9.71 Å². The monoisotopic (exact) mass is 329 g/mol. The van der Waals surface area contributed by atoms with Gasteiger partial charge in [-0.2, -0.15) is 0 Å². The second kappa shape index (κ2) is 6.97. The molecule has 114 valence electrons. The Bertz CT molecular complexity index is 684. The maximum absolute atomic E-state index is 12.8. The van der Waals surface area contributed by atoms with Crippen LogP contribution in [0, 0.1) is 5.82 Å². The van der Waals surface area contributed by atoms with Crippen LogP contribution >= 0.6 is 11.3 Å². The van der Waals surface area contributed by atoms with Crippen molar-refractivity contribution in [1.29, 1.82) is 0 Å². The highest BCUT2D eigenvalue weighted by molar-refractivity contribution is 7.88.